The lowest BCUT2D eigenvalue weighted by atomic mass is 10.0. The van der Waals surface area contributed by atoms with Gasteiger partial charge < -0.3 is 9.73 Å². The highest BCUT2D eigenvalue weighted by Gasteiger charge is 2.19. The minimum absolute atomic E-state index is 0.318. The zero-order valence-electron chi connectivity index (χ0n) is 19.5. The third-order valence-electron chi connectivity index (χ3n) is 6.51. The summed E-state index contributed by atoms with van der Waals surface area (Å²) in [6.07, 6.45) is 6.51. The Morgan fingerprint density at radius 1 is 0.941 bits per heavy atom. The molecule has 1 saturated heterocycles. The number of benzene rings is 3. The third-order valence-corrected chi connectivity index (χ3v) is 6.51. The van der Waals surface area contributed by atoms with E-state index < -0.39 is 0 Å². The molecule has 4 heteroatoms. The number of likely N-dealkylation sites (tertiary alicyclic amines) is 1. The number of hydrogen-bond acceptors (Lipinski definition) is 4. The normalized spacial score (nSPS) is 15.2. The molecule has 1 fully saturated rings. The smallest absolute Gasteiger partial charge is 0.338 e. The second-order valence-electron chi connectivity index (χ2n) is 9.09. The Labute approximate surface area is 200 Å². The Morgan fingerprint density at radius 3 is 2.53 bits per heavy atom. The van der Waals surface area contributed by atoms with Crippen LogP contribution in [0.5, 0.6) is 0 Å². The van der Waals surface area contributed by atoms with Crippen LogP contribution in [0.15, 0.2) is 94.2 Å². The number of anilines is 1. The summed E-state index contributed by atoms with van der Waals surface area (Å²) in [7, 11) is 0. The summed E-state index contributed by atoms with van der Waals surface area (Å²) < 4.78 is 5.49. The molecule has 34 heavy (non-hydrogen) atoms. The van der Waals surface area contributed by atoms with Crippen molar-refractivity contribution in [3.05, 3.63) is 106 Å². The van der Waals surface area contributed by atoms with Crippen LogP contribution >= 0.6 is 0 Å². The van der Waals surface area contributed by atoms with Gasteiger partial charge in [-0.15, -0.1) is 0 Å². The fourth-order valence-corrected chi connectivity index (χ4v) is 4.67. The second-order valence-corrected chi connectivity index (χ2v) is 9.09. The molecular weight excluding hydrogens is 420 g/mol. The Hall–Kier alpha value is -3.63. The molecule has 4 nitrogen and oxygen atoms in total. The summed E-state index contributed by atoms with van der Waals surface area (Å²) in [5.74, 6) is 0. The molecule has 0 radical (unpaired) electrons. The molecule has 3 aromatic carbocycles. The highest BCUT2D eigenvalue weighted by Crippen LogP contribution is 2.30. The van der Waals surface area contributed by atoms with Crippen molar-refractivity contribution in [2.75, 3.05) is 25.0 Å². The molecule has 0 amide bonds. The van der Waals surface area contributed by atoms with E-state index in [4.69, 9.17) is 4.42 Å². The minimum Gasteiger partial charge on any atom is -0.423 e. The number of hydrogen-bond donors (Lipinski definition) is 1. The van der Waals surface area contributed by atoms with E-state index in [0.29, 0.717) is 11.6 Å². The molecule has 1 aliphatic rings. The molecule has 0 bridgehead atoms. The fourth-order valence-electron chi connectivity index (χ4n) is 4.67. The minimum atomic E-state index is -0.318. The van der Waals surface area contributed by atoms with Crippen molar-refractivity contribution >= 4 is 22.7 Å². The van der Waals surface area contributed by atoms with Crippen LogP contribution in [0.3, 0.4) is 0 Å². The average Bonchev–Trinajstić information content (AvgIpc) is 2.85. The summed E-state index contributed by atoms with van der Waals surface area (Å²) in [4.78, 5) is 14.7. The zero-order valence-corrected chi connectivity index (χ0v) is 19.5. The van der Waals surface area contributed by atoms with Gasteiger partial charge in [-0.25, -0.2) is 4.79 Å². The van der Waals surface area contributed by atoms with Gasteiger partial charge in [-0.3, -0.25) is 4.90 Å². The Morgan fingerprint density at radius 2 is 1.74 bits per heavy atom. The molecule has 1 aromatic heterocycles. The quantitative estimate of drug-likeness (QED) is 0.347. The highest BCUT2D eigenvalue weighted by atomic mass is 16.4. The van der Waals surface area contributed by atoms with Crippen molar-refractivity contribution in [2.45, 2.75) is 25.8 Å². The SMILES string of the molecule is Cc1cccc(-c2ccc3oc(=O)cc(NC4CCN(CC=Cc5ccccc5)CC4)c3c2)c1. The van der Waals surface area contributed by atoms with Gasteiger partial charge >= 0.3 is 5.63 Å². The molecule has 0 atom stereocenters. The van der Waals surface area contributed by atoms with Gasteiger partial charge in [-0.1, -0.05) is 78.4 Å². The molecule has 0 aliphatic carbocycles. The van der Waals surface area contributed by atoms with Crippen molar-refractivity contribution < 1.29 is 4.42 Å². The Kier molecular flexibility index (Phi) is 6.59. The van der Waals surface area contributed by atoms with Crippen molar-refractivity contribution in [1.82, 2.24) is 4.90 Å². The largest absolute Gasteiger partial charge is 0.423 e. The number of rotatable bonds is 6. The first kappa shape index (κ1) is 22.2. The summed E-state index contributed by atoms with van der Waals surface area (Å²) in [6, 6.07) is 26.8. The Balaban J connectivity index is 1.28. The van der Waals surface area contributed by atoms with Crippen molar-refractivity contribution in [3.63, 3.8) is 0 Å². The van der Waals surface area contributed by atoms with Crippen LogP contribution in [0.4, 0.5) is 5.69 Å². The number of nitrogens with zero attached hydrogens (tertiary/aromatic N) is 1. The van der Waals surface area contributed by atoms with Crippen LogP contribution in [-0.2, 0) is 0 Å². The summed E-state index contributed by atoms with van der Waals surface area (Å²) in [5, 5.41) is 4.60. The van der Waals surface area contributed by atoms with Crippen LogP contribution in [0, 0.1) is 6.92 Å². The molecule has 0 saturated carbocycles. The number of aryl methyl sites for hydroxylation is 1. The van der Waals surface area contributed by atoms with Gasteiger partial charge in [0, 0.05) is 37.1 Å². The van der Waals surface area contributed by atoms with Gasteiger partial charge in [-0.2, -0.15) is 0 Å². The van der Waals surface area contributed by atoms with Crippen molar-refractivity contribution in [2.24, 2.45) is 0 Å². The molecule has 2 heterocycles. The van der Waals surface area contributed by atoms with E-state index in [1.807, 2.05) is 18.2 Å². The van der Waals surface area contributed by atoms with Crippen LogP contribution in [0.1, 0.15) is 24.0 Å². The Bertz CT molecular complexity index is 1350. The van der Waals surface area contributed by atoms with E-state index in [-0.39, 0.29) is 5.63 Å². The van der Waals surface area contributed by atoms with E-state index in [9.17, 15) is 4.79 Å². The maximum atomic E-state index is 12.2. The monoisotopic (exact) mass is 450 g/mol. The van der Waals surface area contributed by atoms with Crippen LogP contribution in [0.25, 0.3) is 28.2 Å². The molecule has 0 unspecified atom stereocenters. The number of nitrogens with one attached hydrogen (secondary N) is 1. The maximum absolute atomic E-state index is 12.2. The van der Waals surface area contributed by atoms with Gasteiger partial charge in [-0.05, 0) is 48.6 Å². The molecular formula is C30H30N2O2. The lowest BCUT2D eigenvalue weighted by Gasteiger charge is -2.32. The van der Waals surface area contributed by atoms with Crippen LogP contribution < -0.4 is 10.9 Å². The predicted molar refractivity (Wildman–Crippen MR) is 141 cm³/mol. The first-order valence-electron chi connectivity index (χ1n) is 12.0. The van der Waals surface area contributed by atoms with Gasteiger partial charge in [0.05, 0.1) is 5.69 Å². The predicted octanol–water partition coefficient (Wildman–Crippen LogP) is 6.36. The molecule has 5 rings (SSSR count). The van der Waals surface area contributed by atoms with Crippen LogP contribution in [-0.4, -0.2) is 30.6 Å². The molecule has 0 spiro atoms. The second kappa shape index (κ2) is 10.1. The van der Waals surface area contributed by atoms with Gasteiger partial charge in [0.1, 0.15) is 5.58 Å². The van der Waals surface area contributed by atoms with Crippen molar-refractivity contribution in [3.8, 4) is 11.1 Å². The molecule has 1 aliphatic heterocycles. The summed E-state index contributed by atoms with van der Waals surface area (Å²) in [5.41, 5.74) is 5.91. The first-order chi connectivity index (χ1) is 16.6. The van der Waals surface area contributed by atoms with E-state index in [1.165, 1.54) is 11.1 Å². The van der Waals surface area contributed by atoms with E-state index in [2.05, 4.69) is 83.9 Å². The topological polar surface area (TPSA) is 45.5 Å². The van der Waals surface area contributed by atoms with Crippen molar-refractivity contribution in [1.29, 1.82) is 0 Å². The van der Waals surface area contributed by atoms with E-state index >= 15 is 0 Å². The highest BCUT2D eigenvalue weighted by molar-refractivity contribution is 5.93. The molecule has 4 aromatic rings. The fraction of sp³-hybridized carbons (Fsp3) is 0.233. The lowest BCUT2D eigenvalue weighted by Crippen LogP contribution is -2.39. The zero-order chi connectivity index (χ0) is 23.3. The maximum Gasteiger partial charge on any atom is 0.338 e. The summed E-state index contributed by atoms with van der Waals surface area (Å²) >= 11 is 0. The summed E-state index contributed by atoms with van der Waals surface area (Å²) in [6.45, 7) is 5.12. The first-order valence-corrected chi connectivity index (χ1v) is 12.0. The van der Waals surface area contributed by atoms with E-state index in [1.54, 1.807) is 6.07 Å². The number of piperidine rings is 1. The molecule has 1 N–H and O–H groups in total. The standard InChI is InChI=1S/C30H30N2O2/c1-22-7-5-11-24(19-22)25-12-13-29-27(20-25)28(21-30(33)34-29)31-26-14-17-32(18-15-26)16-6-10-23-8-3-2-4-9-23/h2-13,19-21,26,31H,14-18H2,1H3. The van der Waals surface area contributed by atoms with Crippen LogP contribution in [0.2, 0.25) is 0 Å². The molecule has 172 valence electrons. The third kappa shape index (κ3) is 5.29. The average molecular weight is 451 g/mol. The van der Waals surface area contributed by atoms with E-state index in [0.717, 1.165) is 54.7 Å². The van der Waals surface area contributed by atoms with Gasteiger partial charge in [0.2, 0.25) is 0 Å². The number of fused-ring (bicyclic) bond motifs is 1. The van der Waals surface area contributed by atoms with Gasteiger partial charge in [0.15, 0.2) is 0 Å². The lowest BCUT2D eigenvalue weighted by molar-refractivity contribution is 0.240. The van der Waals surface area contributed by atoms with Gasteiger partial charge in [0.25, 0.3) is 0 Å².